The van der Waals surface area contributed by atoms with Crippen molar-refractivity contribution < 1.29 is 9.90 Å². The van der Waals surface area contributed by atoms with Gasteiger partial charge in [0.05, 0.1) is 6.10 Å². The number of amides is 2. The van der Waals surface area contributed by atoms with Crippen molar-refractivity contribution in [3.05, 3.63) is 0 Å². The van der Waals surface area contributed by atoms with Crippen LogP contribution < -0.4 is 10.6 Å². The summed E-state index contributed by atoms with van der Waals surface area (Å²) in [6.07, 6.45) is 1.41. The highest BCUT2D eigenvalue weighted by molar-refractivity contribution is 5.73. The second-order valence-corrected chi connectivity index (χ2v) is 5.01. The van der Waals surface area contributed by atoms with Gasteiger partial charge in [-0.2, -0.15) is 0 Å². The molecule has 0 aliphatic carbocycles. The zero-order chi connectivity index (χ0) is 12.6. The van der Waals surface area contributed by atoms with Crippen molar-refractivity contribution in [2.75, 3.05) is 13.1 Å². The number of urea groups is 1. The van der Waals surface area contributed by atoms with Gasteiger partial charge in [-0.1, -0.05) is 20.8 Å². The highest BCUT2D eigenvalue weighted by atomic mass is 16.3. The minimum Gasteiger partial charge on any atom is -0.393 e. The molecule has 0 bridgehead atoms. The molecule has 0 aromatic carbocycles. The van der Waals surface area contributed by atoms with E-state index in [0.29, 0.717) is 31.3 Å². The van der Waals surface area contributed by atoms with E-state index in [-0.39, 0.29) is 12.1 Å². The second-order valence-electron chi connectivity index (χ2n) is 5.01. The monoisotopic (exact) mass is 230 g/mol. The molecular weight excluding hydrogens is 204 g/mol. The van der Waals surface area contributed by atoms with Crippen LogP contribution in [0.1, 0.15) is 40.5 Å². The Morgan fingerprint density at radius 1 is 1.19 bits per heavy atom. The quantitative estimate of drug-likeness (QED) is 0.624. The van der Waals surface area contributed by atoms with Crippen molar-refractivity contribution in [2.45, 2.75) is 46.6 Å². The van der Waals surface area contributed by atoms with Gasteiger partial charge < -0.3 is 15.7 Å². The van der Waals surface area contributed by atoms with Gasteiger partial charge in [0.15, 0.2) is 0 Å². The fourth-order valence-corrected chi connectivity index (χ4v) is 1.47. The Kier molecular flexibility index (Phi) is 7.99. The Morgan fingerprint density at radius 3 is 2.31 bits per heavy atom. The van der Waals surface area contributed by atoms with Gasteiger partial charge in [-0.15, -0.1) is 0 Å². The lowest BCUT2D eigenvalue weighted by Crippen LogP contribution is -2.38. The molecule has 0 saturated heterocycles. The largest absolute Gasteiger partial charge is 0.393 e. The van der Waals surface area contributed by atoms with Crippen molar-refractivity contribution >= 4 is 6.03 Å². The van der Waals surface area contributed by atoms with Crippen molar-refractivity contribution in [1.29, 1.82) is 0 Å². The molecular formula is C12H26N2O2. The van der Waals surface area contributed by atoms with Gasteiger partial charge in [0.1, 0.15) is 0 Å². The number of carbonyl (C=O) groups is 1. The average molecular weight is 230 g/mol. The molecule has 0 radical (unpaired) electrons. The summed E-state index contributed by atoms with van der Waals surface area (Å²) < 4.78 is 0. The summed E-state index contributed by atoms with van der Waals surface area (Å²) in [7, 11) is 0. The molecule has 4 nitrogen and oxygen atoms in total. The molecule has 4 heteroatoms. The summed E-state index contributed by atoms with van der Waals surface area (Å²) in [5, 5.41) is 14.8. The lowest BCUT2D eigenvalue weighted by Gasteiger charge is -2.14. The van der Waals surface area contributed by atoms with Crippen molar-refractivity contribution in [1.82, 2.24) is 10.6 Å². The van der Waals surface area contributed by atoms with E-state index >= 15 is 0 Å². The van der Waals surface area contributed by atoms with Gasteiger partial charge in [-0.25, -0.2) is 4.79 Å². The van der Waals surface area contributed by atoms with Crippen molar-refractivity contribution in [3.63, 3.8) is 0 Å². The minimum atomic E-state index is -0.305. The van der Waals surface area contributed by atoms with Crippen LogP contribution in [0.5, 0.6) is 0 Å². The lowest BCUT2D eigenvalue weighted by atomic mass is 10.1. The standard InChI is InChI=1S/C12H26N2O2/c1-9(2)5-6-13-12(16)14-8-10(3)7-11(4)15/h9-11,15H,5-8H2,1-4H3,(H2,13,14,16). The van der Waals surface area contributed by atoms with E-state index in [1.807, 2.05) is 6.92 Å². The molecule has 2 atom stereocenters. The highest BCUT2D eigenvalue weighted by Crippen LogP contribution is 2.03. The van der Waals surface area contributed by atoms with Gasteiger partial charge >= 0.3 is 6.03 Å². The molecule has 0 spiro atoms. The maximum Gasteiger partial charge on any atom is 0.314 e. The third-order valence-corrected chi connectivity index (χ3v) is 2.36. The molecule has 16 heavy (non-hydrogen) atoms. The van der Waals surface area contributed by atoms with Crippen LogP contribution in [-0.2, 0) is 0 Å². The average Bonchev–Trinajstić information content (AvgIpc) is 2.13. The number of nitrogens with one attached hydrogen (secondary N) is 2. The number of aliphatic hydroxyl groups excluding tert-OH is 1. The summed E-state index contributed by atoms with van der Waals surface area (Å²) >= 11 is 0. The minimum absolute atomic E-state index is 0.113. The van der Waals surface area contributed by atoms with E-state index in [0.717, 1.165) is 6.42 Å². The van der Waals surface area contributed by atoms with Crippen LogP contribution in [0.4, 0.5) is 4.79 Å². The SMILES string of the molecule is CC(C)CCNC(=O)NCC(C)CC(C)O. The smallest absolute Gasteiger partial charge is 0.314 e. The molecule has 2 unspecified atom stereocenters. The summed E-state index contributed by atoms with van der Waals surface area (Å²) in [5.74, 6) is 0.908. The Bertz CT molecular complexity index is 193. The molecule has 0 heterocycles. The van der Waals surface area contributed by atoms with Crippen LogP contribution in [0.25, 0.3) is 0 Å². The zero-order valence-corrected chi connectivity index (χ0v) is 10.9. The van der Waals surface area contributed by atoms with Gasteiger partial charge in [0.2, 0.25) is 0 Å². The number of carbonyl (C=O) groups excluding carboxylic acids is 1. The Morgan fingerprint density at radius 2 is 1.81 bits per heavy atom. The highest BCUT2D eigenvalue weighted by Gasteiger charge is 2.07. The Hall–Kier alpha value is -0.770. The first-order valence-corrected chi connectivity index (χ1v) is 6.11. The van der Waals surface area contributed by atoms with Crippen molar-refractivity contribution in [3.8, 4) is 0 Å². The molecule has 2 amide bonds. The van der Waals surface area contributed by atoms with Gasteiger partial charge in [0.25, 0.3) is 0 Å². The molecule has 0 aliphatic heterocycles. The van der Waals surface area contributed by atoms with Crippen LogP contribution in [0.2, 0.25) is 0 Å². The summed E-state index contributed by atoms with van der Waals surface area (Å²) in [6.45, 7) is 9.36. The predicted octanol–water partition coefficient (Wildman–Crippen LogP) is 1.74. The lowest BCUT2D eigenvalue weighted by molar-refractivity contribution is 0.163. The Balaban J connectivity index is 3.49. The molecule has 0 aliphatic rings. The summed E-state index contributed by atoms with van der Waals surface area (Å²) in [4.78, 5) is 11.3. The van der Waals surface area contributed by atoms with Gasteiger partial charge in [0, 0.05) is 13.1 Å². The molecule has 0 aromatic rings. The van der Waals surface area contributed by atoms with Crippen molar-refractivity contribution in [2.24, 2.45) is 11.8 Å². The molecule has 0 rings (SSSR count). The third kappa shape index (κ3) is 9.77. The predicted molar refractivity (Wildman–Crippen MR) is 66.3 cm³/mol. The van der Waals surface area contributed by atoms with Gasteiger partial charge in [-0.05, 0) is 31.6 Å². The summed E-state index contributed by atoms with van der Waals surface area (Å²) in [6, 6.07) is -0.113. The molecule has 3 N–H and O–H groups in total. The van der Waals surface area contributed by atoms with Crippen LogP contribution in [0.3, 0.4) is 0 Å². The molecule has 0 saturated carbocycles. The number of hydrogen-bond donors (Lipinski definition) is 3. The fraction of sp³-hybridized carbons (Fsp3) is 0.917. The first-order valence-electron chi connectivity index (χ1n) is 6.11. The molecule has 0 aromatic heterocycles. The van der Waals surface area contributed by atoms with E-state index < -0.39 is 0 Å². The van der Waals surface area contributed by atoms with E-state index in [1.165, 1.54) is 0 Å². The maximum absolute atomic E-state index is 11.3. The fourth-order valence-electron chi connectivity index (χ4n) is 1.47. The van der Waals surface area contributed by atoms with E-state index in [4.69, 9.17) is 5.11 Å². The normalized spacial score (nSPS) is 14.6. The molecule has 96 valence electrons. The van der Waals surface area contributed by atoms with E-state index in [1.54, 1.807) is 6.92 Å². The second kappa shape index (κ2) is 8.39. The summed E-state index contributed by atoms with van der Waals surface area (Å²) in [5.41, 5.74) is 0. The number of hydrogen-bond acceptors (Lipinski definition) is 2. The zero-order valence-electron chi connectivity index (χ0n) is 10.9. The third-order valence-electron chi connectivity index (χ3n) is 2.36. The first-order chi connectivity index (χ1) is 7.41. The van der Waals surface area contributed by atoms with Crippen LogP contribution in [0.15, 0.2) is 0 Å². The van der Waals surface area contributed by atoms with E-state index in [2.05, 4.69) is 24.5 Å². The van der Waals surface area contributed by atoms with Gasteiger partial charge in [-0.3, -0.25) is 0 Å². The number of rotatable bonds is 7. The van der Waals surface area contributed by atoms with Crippen LogP contribution >= 0.6 is 0 Å². The number of aliphatic hydroxyl groups is 1. The first kappa shape index (κ1) is 15.2. The topological polar surface area (TPSA) is 61.4 Å². The maximum atomic E-state index is 11.3. The molecule has 0 fully saturated rings. The van der Waals surface area contributed by atoms with E-state index in [9.17, 15) is 4.79 Å². The van der Waals surface area contributed by atoms with Crippen LogP contribution in [0, 0.1) is 11.8 Å². The van der Waals surface area contributed by atoms with Crippen LogP contribution in [-0.4, -0.2) is 30.3 Å². The Labute approximate surface area is 98.8 Å².